The highest BCUT2D eigenvalue weighted by Gasteiger charge is 2.27. The van der Waals surface area contributed by atoms with Gasteiger partial charge in [0.1, 0.15) is 5.82 Å². The highest BCUT2D eigenvalue weighted by atomic mass is 79.9. The van der Waals surface area contributed by atoms with Crippen LogP contribution < -0.4 is 10.6 Å². The maximum absolute atomic E-state index is 5.70. The molecular formula is C12H18BrN3O. The minimum absolute atomic E-state index is 0.369. The topological polar surface area (TPSA) is 51.4 Å². The van der Waals surface area contributed by atoms with E-state index >= 15 is 0 Å². The summed E-state index contributed by atoms with van der Waals surface area (Å²) < 4.78 is 6.37. The summed E-state index contributed by atoms with van der Waals surface area (Å²) in [6.45, 7) is 3.17. The first-order valence-corrected chi connectivity index (χ1v) is 6.61. The molecule has 94 valence electrons. The van der Waals surface area contributed by atoms with E-state index in [1.165, 1.54) is 0 Å². The van der Waals surface area contributed by atoms with Gasteiger partial charge < -0.3 is 15.4 Å². The van der Waals surface area contributed by atoms with Crippen LogP contribution in [0.5, 0.6) is 0 Å². The number of nitrogen functional groups attached to an aromatic ring is 1. The van der Waals surface area contributed by atoms with E-state index in [1.807, 2.05) is 6.07 Å². The quantitative estimate of drug-likeness (QED) is 0.911. The fraction of sp³-hybridized carbons (Fsp3) is 0.583. The van der Waals surface area contributed by atoms with Crippen molar-refractivity contribution in [3.63, 3.8) is 0 Å². The Balaban J connectivity index is 2.17. The van der Waals surface area contributed by atoms with Crippen LogP contribution in [0.2, 0.25) is 0 Å². The van der Waals surface area contributed by atoms with Gasteiger partial charge in [0.25, 0.3) is 0 Å². The molecule has 17 heavy (non-hydrogen) atoms. The molecular weight excluding hydrogens is 282 g/mol. The molecule has 4 nitrogen and oxygen atoms in total. The number of methoxy groups -OCH3 is 1. The molecule has 2 rings (SSSR count). The number of piperidine rings is 1. The number of nitrogens with two attached hydrogens (primary N) is 1. The van der Waals surface area contributed by atoms with Crippen LogP contribution in [0.1, 0.15) is 19.8 Å². The maximum atomic E-state index is 5.70. The van der Waals surface area contributed by atoms with Crippen molar-refractivity contribution in [3.05, 3.63) is 16.7 Å². The van der Waals surface area contributed by atoms with Gasteiger partial charge in [-0.15, -0.1) is 0 Å². The van der Waals surface area contributed by atoms with E-state index in [2.05, 4.69) is 32.7 Å². The zero-order chi connectivity index (χ0) is 12.4. The second-order valence-corrected chi connectivity index (χ2v) is 5.35. The number of rotatable bonds is 2. The average molecular weight is 300 g/mol. The Kier molecular flexibility index (Phi) is 3.89. The third-order valence-corrected chi connectivity index (χ3v) is 3.86. The Hall–Kier alpha value is -0.810. The average Bonchev–Trinajstić information content (AvgIpc) is 2.30. The maximum Gasteiger partial charge on any atom is 0.143 e. The Labute approximate surface area is 110 Å². The first-order valence-electron chi connectivity index (χ1n) is 5.82. The molecule has 2 atom stereocenters. The van der Waals surface area contributed by atoms with E-state index in [-0.39, 0.29) is 0 Å². The number of ether oxygens (including phenoxy) is 1. The van der Waals surface area contributed by atoms with Crippen molar-refractivity contribution in [2.24, 2.45) is 0 Å². The minimum Gasteiger partial charge on any atom is -0.397 e. The van der Waals surface area contributed by atoms with Gasteiger partial charge >= 0.3 is 0 Å². The van der Waals surface area contributed by atoms with Gasteiger partial charge in [-0.25, -0.2) is 4.98 Å². The lowest BCUT2D eigenvalue weighted by Gasteiger charge is -2.38. The number of hydrogen-bond acceptors (Lipinski definition) is 4. The summed E-state index contributed by atoms with van der Waals surface area (Å²) in [5.74, 6) is 0.973. The van der Waals surface area contributed by atoms with Gasteiger partial charge in [-0.1, -0.05) is 0 Å². The van der Waals surface area contributed by atoms with Crippen molar-refractivity contribution < 1.29 is 4.74 Å². The van der Waals surface area contributed by atoms with Crippen molar-refractivity contribution in [2.45, 2.75) is 31.9 Å². The van der Waals surface area contributed by atoms with Gasteiger partial charge in [-0.2, -0.15) is 0 Å². The molecule has 1 aromatic heterocycles. The van der Waals surface area contributed by atoms with Crippen LogP contribution in [-0.4, -0.2) is 30.8 Å². The Bertz CT molecular complexity index is 399. The monoisotopic (exact) mass is 299 g/mol. The van der Waals surface area contributed by atoms with Gasteiger partial charge in [-0.3, -0.25) is 0 Å². The third kappa shape index (κ3) is 2.72. The van der Waals surface area contributed by atoms with Crippen LogP contribution in [0.4, 0.5) is 11.5 Å². The van der Waals surface area contributed by atoms with Crippen molar-refractivity contribution in [1.82, 2.24) is 4.98 Å². The number of aromatic nitrogens is 1. The van der Waals surface area contributed by atoms with Crippen LogP contribution in [0.25, 0.3) is 0 Å². The van der Waals surface area contributed by atoms with Gasteiger partial charge in [-0.05, 0) is 41.8 Å². The summed E-state index contributed by atoms with van der Waals surface area (Å²) in [5, 5.41) is 0. The van der Waals surface area contributed by atoms with Crippen molar-refractivity contribution in [1.29, 1.82) is 0 Å². The summed E-state index contributed by atoms with van der Waals surface area (Å²) in [4.78, 5) is 6.72. The molecule has 1 aromatic rings. The lowest BCUT2D eigenvalue weighted by molar-refractivity contribution is 0.0719. The second kappa shape index (κ2) is 5.23. The normalized spacial score (nSPS) is 25.0. The smallest absolute Gasteiger partial charge is 0.143 e. The first-order chi connectivity index (χ1) is 8.11. The zero-order valence-corrected chi connectivity index (χ0v) is 11.8. The molecule has 0 amide bonds. The summed E-state index contributed by atoms with van der Waals surface area (Å²) in [6, 6.07) is 2.33. The number of halogens is 1. The van der Waals surface area contributed by atoms with Crippen LogP contribution in [0.3, 0.4) is 0 Å². The zero-order valence-electron chi connectivity index (χ0n) is 10.2. The molecule has 0 bridgehead atoms. The van der Waals surface area contributed by atoms with Crippen LogP contribution >= 0.6 is 15.9 Å². The molecule has 0 spiro atoms. The summed E-state index contributed by atoms with van der Waals surface area (Å²) >= 11 is 3.53. The van der Waals surface area contributed by atoms with Crippen LogP contribution in [0, 0.1) is 0 Å². The molecule has 2 heterocycles. The molecule has 1 aliphatic heterocycles. The summed E-state index contributed by atoms with van der Waals surface area (Å²) in [7, 11) is 1.78. The fourth-order valence-corrected chi connectivity index (χ4v) is 2.91. The predicted molar refractivity (Wildman–Crippen MR) is 73.2 cm³/mol. The Morgan fingerprint density at radius 3 is 2.94 bits per heavy atom. The van der Waals surface area contributed by atoms with E-state index in [4.69, 9.17) is 10.5 Å². The molecule has 1 fully saturated rings. The van der Waals surface area contributed by atoms with Crippen molar-refractivity contribution in [2.75, 3.05) is 24.3 Å². The lowest BCUT2D eigenvalue weighted by Crippen LogP contribution is -2.43. The molecule has 2 unspecified atom stereocenters. The van der Waals surface area contributed by atoms with E-state index in [0.29, 0.717) is 17.8 Å². The van der Waals surface area contributed by atoms with Crippen LogP contribution in [-0.2, 0) is 4.74 Å². The highest BCUT2D eigenvalue weighted by Crippen LogP contribution is 2.31. The SMILES string of the molecule is COC1CCN(c2ncc(N)cc2Br)C(C)C1. The van der Waals surface area contributed by atoms with E-state index in [1.54, 1.807) is 13.3 Å². The lowest BCUT2D eigenvalue weighted by atomic mass is 10.0. The largest absolute Gasteiger partial charge is 0.397 e. The standard InChI is InChI=1S/C12H18BrN3O/c1-8-5-10(17-2)3-4-16(8)12-11(13)6-9(14)7-15-12/h6-8,10H,3-5,14H2,1-2H3. The minimum atomic E-state index is 0.369. The Morgan fingerprint density at radius 1 is 1.59 bits per heavy atom. The molecule has 0 radical (unpaired) electrons. The first kappa shape index (κ1) is 12.6. The number of pyridine rings is 1. The van der Waals surface area contributed by atoms with Gasteiger partial charge in [0.05, 0.1) is 22.5 Å². The van der Waals surface area contributed by atoms with Crippen LogP contribution in [0.15, 0.2) is 16.7 Å². The molecule has 0 aromatic carbocycles. The van der Waals surface area contributed by atoms with Crippen molar-refractivity contribution in [3.8, 4) is 0 Å². The second-order valence-electron chi connectivity index (χ2n) is 4.50. The predicted octanol–water partition coefficient (Wildman–Crippen LogP) is 2.43. The fourth-order valence-electron chi connectivity index (χ4n) is 2.31. The Morgan fingerprint density at radius 2 is 2.35 bits per heavy atom. The molecule has 0 aliphatic carbocycles. The summed E-state index contributed by atoms with van der Waals surface area (Å²) in [5.41, 5.74) is 6.38. The molecule has 1 saturated heterocycles. The molecule has 5 heteroatoms. The summed E-state index contributed by atoms with van der Waals surface area (Å²) in [6.07, 6.45) is 4.15. The van der Waals surface area contributed by atoms with E-state index in [9.17, 15) is 0 Å². The van der Waals surface area contributed by atoms with E-state index in [0.717, 1.165) is 29.7 Å². The number of hydrogen-bond donors (Lipinski definition) is 1. The molecule has 1 aliphatic rings. The van der Waals surface area contributed by atoms with Gasteiger partial charge in [0.2, 0.25) is 0 Å². The number of nitrogens with zero attached hydrogens (tertiary/aromatic N) is 2. The third-order valence-electron chi connectivity index (χ3n) is 3.28. The van der Waals surface area contributed by atoms with Gasteiger partial charge in [0, 0.05) is 19.7 Å². The highest BCUT2D eigenvalue weighted by molar-refractivity contribution is 9.10. The molecule has 0 saturated carbocycles. The number of anilines is 2. The van der Waals surface area contributed by atoms with E-state index < -0.39 is 0 Å². The van der Waals surface area contributed by atoms with Gasteiger partial charge in [0.15, 0.2) is 0 Å². The molecule has 2 N–H and O–H groups in total. The van der Waals surface area contributed by atoms with Crippen molar-refractivity contribution >= 4 is 27.4 Å².